The second-order valence-electron chi connectivity index (χ2n) is 3.23. The van der Waals surface area contributed by atoms with E-state index in [2.05, 4.69) is 55.8 Å². The van der Waals surface area contributed by atoms with Gasteiger partial charge in [-0.15, -0.1) is 11.8 Å². The fourth-order valence-electron chi connectivity index (χ4n) is 1.22. The molecule has 1 nitrogen and oxygen atoms in total. The van der Waals surface area contributed by atoms with Gasteiger partial charge in [0.15, 0.2) is 0 Å². The maximum absolute atomic E-state index is 4.22. The van der Waals surface area contributed by atoms with Gasteiger partial charge < -0.3 is 0 Å². The molecule has 0 atom stereocenters. The maximum Gasteiger partial charge on any atom is 0.0414 e. The summed E-state index contributed by atoms with van der Waals surface area (Å²) in [6.07, 6.45) is 0. The Morgan fingerprint density at radius 3 is 2.43 bits per heavy atom. The minimum Gasteiger partial charge on any atom is -0.293 e. The van der Waals surface area contributed by atoms with Crippen molar-refractivity contribution in [2.45, 2.75) is 18.4 Å². The van der Waals surface area contributed by atoms with E-state index in [1.54, 1.807) is 0 Å². The highest BCUT2D eigenvalue weighted by atomic mass is 32.2. The van der Waals surface area contributed by atoms with E-state index in [-0.39, 0.29) is 0 Å². The zero-order valence-corrected chi connectivity index (χ0v) is 10.4. The molecule has 0 amide bonds. The Morgan fingerprint density at radius 2 is 1.93 bits per heavy atom. The molecule has 3 heteroatoms. The van der Waals surface area contributed by atoms with Crippen LogP contribution in [0.2, 0.25) is 0 Å². The first-order valence-corrected chi connectivity index (χ1v) is 6.39. The van der Waals surface area contributed by atoms with E-state index in [0.717, 1.165) is 18.2 Å². The lowest BCUT2D eigenvalue weighted by molar-refractivity contribution is 0.387. The number of benzene rings is 1. The SMILES string of the molecule is CCSc1ccc(CN(C)CS)cc1. The summed E-state index contributed by atoms with van der Waals surface area (Å²) < 4.78 is 0. The second-order valence-corrected chi connectivity index (χ2v) is 4.85. The van der Waals surface area contributed by atoms with Crippen molar-refractivity contribution >= 4 is 24.4 Å². The van der Waals surface area contributed by atoms with Crippen LogP contribution >= 0.6 is 24.4 Å². The van der Waals surface area contributed by atoms with Gasteiger partial charge in [-0.3, -0.25) is 4.90 Å². The van der Waals surface area contributed by atoms with Crippen LogP contribution in [0.4, 0.5) is 0 Å². The molecule has 1 aromatic rings. The van der Waals surface area contributed by atoms with Crippen LogP contribution in [0, 0.1) is 0 Å². The van der Waals surface area contributed by atoms with Gasteiger partial charge in [0, 0.05) is 17.3 Å². The fraction of sp³-hybridized carbons (Fsp3) is 0.455. The Hall–Kier alpha value is -0.120. The molecule has 1 rings (SSSR count). The molecule has 14 heavy (non-hydrogen) atoms. The lowest BCUT2D eigenvalue weighted by Crippen LogP contribution is -2.15. The average molecular weight is 227 g/mol. The number of thiol groups is 1. The molecular weight excluding hydrogens is 210 g/mol. The maximum atomic E-state index is 4.22. The summed E-state index contributed by atoms with van der Waals surface area (Å²) in [7, 11) is 2.07. The zero-order chi connectivity index (χ0) is 10.4. The highest BCUT2D eigenvalue weighted by Crippen LogP contribution is 2.18. The number of thioether (sulfide) groups is 1. The third-order valence-corrected chi connectivity index (χ3v) is 3.31. The van der Waals surface area contributed by atoms with Crippen LogP contribution in [0.25, 0.3) is 0 Å². The average Bonchev–Trinajstić information content (AvgIpc) is 2.21. The Bertz CT molecular complexity index is 258. The van der Waals surface area contributed by atoms with Gasteiger partial charge in [-0.2, -0.15) is 12.6 Å². The van der Waals surface area contributed by atoms with Crippen LogP contribution in [0.15, 0.2) is 29.2 Å². The Balaban J connectivity index is 2.54. The van der Waals surface area contributed by atoms with E-state index in [0.29, 0.717) is 0 Å². The van der Waals surface area contributed by atoms with E-state index in [1.165, 1.54) is 10.5 Å². The molecule has 0 bridgehead atoms. The molecule has 0 aliphatic rings. The van der Waals surface area contributed by atoms with Crippen molar-refractivity contribution in [2.75, 3.05) is 18.7 Å². The third kappa shape index (κ3) is 3.95. The largest absolute Gasteiger partial charge is 0.293 e. The summed E-state index contributed by atoms with van der Waals surface area (Å²) in [5.74, 6) is 1.93. The summed E-state index contributed by atoms with van der Waals surface area (Å²) in [6, 6.07) is 8.77. The minimum absolute atomic E-state index is 0.797. The van der Waals surface area contributed by atoms with Crippen molar-refractivity contribution in [2.24, 2.45) is 0 Å². The number of nitrogens with zero attached hydrogens (tertiary/aromatic N) is 1. The highest BCUT2D eigenvalue weighted by molar-refractivity contribution is 7.99. The second kappa shape index (κ2) is 6.38. The van der Waals surface area contributed by atoms with Crippen LogP contribution in [0.5, 0.6) is 0 Å². The predicted molar refractivity (Wildman–Crippen MR) is 68.2 cm³/mol. The summed E-state index contributed by atoms with van der Waals surface area (Å²) in [5, 5.41) is 0. The first-order chi connectivity index (χ1) is 6.76. The lowest BCUT2D eigenvalue weighted by atomic mass is 10.2. The Labute approximate surface area is 96.3 Å². The summed E-state index contributed by atoms with van der Waals surface area (Å²) >= 11 is 6.10. The van der Waals surface area contributed by atoms with Crippen molar-refractivity contribution in [3.8, 4) is 0 Å². The zero-order valence-electron chi connectivity index (χ0n) is 8.73. The molecule has 0 saturated heterocycles. The van der Waals surface area contributed by atoms with Gasteiger partial charge in [-0.25, -0.2) is 0 Å². The quantitative estimate of drug-likeness (QED) is 0.468. The molecule has 78 valence electrons. The van der Waals surface area contributed by atoms with Crippen molar-refractivity contribution in [1.82, 2.24) is 4.90 Å². The molecular formula is C11H17NS2. The van der Waals surface area contributed by atoms with Crippen molar-refractivity contribution in [3.05, 3.63) is 29.8 Å². The standard InChI is InChI=1S/C11H17NS2/c1-3-14-11-6-4-10(5-7-11)8-12(2)9-13/h4-7,13H,3,8-9H2,1-2H3. The van der Waals surface area contributed by atoms with Crippen LogP contribution in [-0.2, 0) is 6.54 Å². The Morgan fingerprint density at radius 1 is 1.29 bits per heavy atom. The monoisotopic (exact) mass is 227 g/mol. The number of hydrogen-bond donors (Lipinski definition) is 1. The van der Waals surface area contributed by atoms with E-state index in [4.69, 9.17) is 0 Å². The fourth-order valence-corrected chi connectivity index (χ4v) is 1.98. The van der Waals surface area contributed by atoms with Gasteiger partial charge in [0.1, 0.15) is 0 Å². The molecule has 0 spiro atoms. The van der Waals surface area contributed by atoms with Crippen LogP contribution in [0.3, 0.4) is 0 Å². The molecule has 0 saturated carbocycles. The Kier molecular flexibility index (Phi) is 5.45. The summed E-state index contributed by atoms with van der Waals surface area (Å²) in [5.41, 5.74) is 1.35. The molecule has 1 aromatic carbocycles. The van der Waals surface area contributed by atoms with Crippen LogP contribution in [0.1, 0.15) is 12.5 Å². The van der Waals surface area contributed by atoms with E-state index in [1.807, 2.05) is 11.8 Å². The number of rotatable bonds is 5. The molecule has 0 heterocycles. The number of hydrogen-bond acceptors (Lipinski definition) is 3. The first-order valence-electron chi connectivity index (χ1n) is 4.77. The van der Waals surface area contributed by atoms with Gasteiger partial charge in [-0.05, 0) is 30.5 Å². The van der Waals surface area contributed by atoms with Gasteiger partial charge in [0.05, 0.1) is 0 Å². The smallest absolute Gasteiger partial charge is 0.0414 e. The van der Waals surface area contributed by atoms with E-state index < -0.39 is 0 Å². The normalized spacial score (nSPS) is 10.9. The van der Waals surface area contributed by atoms with Crippen molar-refractivity contribution in [3.63, 3.8) is 0 Å². The van der Waals surface area contributed by atoms with Gasteiger partial charge in [0.2, 0.25) is 0 Å². The highest BCUT2D eigenvalue weighted by Gasteiger charge is 1.98. The topological polar surface area (TPSA) is 3.24 Å². The molecule has 0 fully saturated rings. The minimum atomic E-state index is 0.797. The van der Waals surface area contributed by atoms with Crippen LogP contribution in [-0.4, -0.2) is 23.6 Å². The predicted octanol–water partition coefficient (Wildman–Crippen LogP) is 3.12. The molecule has 0 aliphatic heterocycles. The lowest BCUT2D eigenvalue weighted by Gasteiger charge is -2.13. The molecule has 0 unspecified atom stereocenters. The summed E-state index contributed by atoms with van der Waals surface area (Å²) in [4.78, 5) is 3.52. The first kappa shape index (κ1) is 12.0. The van der Waals surface area contributed by atoms with Gasteiger partial charge in [0.25, 0.3) is 0 Å². The molecule has 0 aliphatic carbocycles. The molecule has 0 radical (unpaired) electrons. The molecule has 0 N–H and O–H groups in total. The third-order valence-electron chi connectivity index (χ3n) is 1.93. The summed E-state index contributed by atoms with van der Waals surface area (Å²) in [6.45, 7) is 3.15. The van der Waals surface area contributed by atoms with E-state index >= 15 is 0 Å². The molecule has 0 aromatic heterocycles. The van der Waals surface area contributed by atoms with Crippen molar-refractivity contribution < 1.29 is 0 Å². The van der Waals surface area contributed by atoms with Gasteiger partial charge in [-0.1, -0.05) is 19.1 Å². The van der Waals surface area contributed by atoms with E-state index in [9.17, 15) is 0 Å². The van der Waals surface area contributed by atoms with Crippen LogP contribution < -0.4 is 0 Å². The van der Waals surface area contributed by atoms with Gasteiger partial charge >= 0.3 is 0 Å². The van der Waals surface area contributed by atoms with Crippen molar-refractivity contribution in [1.29, 1.82) is 0 Å².